The number of hydrogen-bond acceptors (Lipinski definition) is 6. The molecule has 0 unspecified atom stereocenters. The molecule has 10 heteroatoms. The van der Waals surface area contributed by atoms with Gasteiger partial charge in [-0.3, -0.25) is 9.78 Å². The topological polar surface area (TPSA) is 85.6 Å². The van der Waals surface area contributed by atoms with E-state index in [1.165, 1.54) is 10.7 Å². The first kappa shape index (κ1) is 20.0. The summed E-state index contributed by atoms with van der Waals surface area (Å²) in [6.07, 6.45) is 2.59. The summed E-state index contributed by atoms with van der Waals surface area (Å²) in [4.78, 5) is 23.8. The second kappa shape index (κ2) is 8.21. The molecule has 1 aliphatic rings. The minimum atomic E-state index is -4.51. The van der Waals surface area contributed by atoms with Crippen LogP contribution in [0.1, 0.15) is 37.4 Å². The lowest BCUT2D eigenvalue weighted by Crippen LogP contribution is -2.33. The van der Waals surface area contributed by atoms with Crippen molar-refractivity contribution >= 4 is 5.95 Å². The van der Waals surface area contributed by atoms with Gasteiger partial charge >= 0.3 is 6.18 Å². The molecule has 3 heterocycles. The number of aromatic nitrogens is 5. The van der Waals surface area contributed by atoms with Crippen molar-refractivity contribution in [3.63, 3.8) is 0 Å². The third-order valence-corrected chi connectivity index (χ3v) is 5.12. The molecule has 1 N–H and O–H groups in total. The summed E-state index contributed by atoms with van der Waals surface area (Å²) >= 11 is 0. The van der Waals surface area contributed by atoms with Crippen molar-refractivity contribution in [1.82, 2.24) is 24.7 Å². The summed E-state index contributed by atoms with van der Waals surface area (Å²) < 4.78 is 40.0. The summed E-state index contributed by atoms with van der Waals surface area (Å²) in [5.74, 6) is -0.0387. The Morgan fingerprint density at radius 2 is 1.70 bits per heavy atom. The smallest absolute Gasteiger partial charge is 0.351 e. The van der Waals surface area contributed by atoms with Gasteiger partial charge in [-0.25, -0.2) is 14.6 Å². The predicted octanol–water partition coefficient (Wildman–Crippen LogP) is 3.71. The van der Waals surface area contributed by atoms with Gasteiger partial charge < -0.3 is 5.32 Å². The molecule has 0 spiro atoms. The number of nitrogens with one attached hydrogen (secondary N) is 1. The monoisotopic (exact) mass is 416 g/mol. The van der Waals surface area contributed by atoms with Gasteiger partial charge in [0.05, 0.1) is 11.7 Å². The van der Waals surface area contributed by atoms with E-state index in [4.69, 9.17) is 0 Å². The van der Waals surface area contributed by atoms with Crippen LogP contribution < -0.4 is 10.9 Å². The number of nitrogens with zero attached hydrogens (tertiary/aromatic N) is 5. The second-order valence-corrected chi connectivity index (χ2v) is 7.15. The van der Waals surface area contributed by atoms with Crippen LogP contribution in [0, 0.1) is 0 Å². The van der Waals surface area contributed by atoms with E-state index >= 15 is 0 Å². The molecule has 1 fully saturated rings. The Morgan fingerprint density at radius 1 is 0.967 bits per heavy atom. The van der Waals surface area contributed by atoms with Crippen LogP contribution in [-0.4, -0.2) is 30.8 Å². The molecule has 0 amide bonds. The fraction of sp³-hybridized carbons (Fsp3) is 0.350. The zero-order valence-electron chi connectivity index (χ0n) is 15.9. The fourth-order valence-electron chi connectivity index (χ4n) is 3.60. The number of alkyl halides is 3. The van der Waals surface area contributed by atoms with E-state index in [9.17, 15) is 18.0 Å². The van der Waals surface area contributed by atoms with E-state index in [1.54, 1.807) is 18.5 Å². The Labute approximate surface area is 170 Å². The fourth-order valence-corrected chi connectivity index (χ4v) is 3.60. The summed E-state index contributed by atoms with van der Waals surface area (Å²) in [5, 5.41) is 7.50. The first-order valence-electron chi connectivity index (χ1n) is 9.57. The van der Waals surface area contributed by atoms with Crippen LogP contribution in [-0.2, 0) is 6.18 Å². The Bertz CT molecular complexity index is 1060. The summed E-state index contributed by atoms with van der Waals surface area (Å²) in [5.41, 5.74) is 0.410. The van der Waals surface area contributed by atoms with Gasteiger partial charge in [0.1, 0.15) is 5.69 Å². The third-order valence-electron chi connectivity index (χ3n) is 5.12. The van der Waals surface area contributed by atoms with Crippen molar-refractivity contribution in [2.45, 2.75) is 43.9 Å². The van der Waals surface area contributed by atoms with E-state index in [-0.39, 0.29) is 23.6 Å². The Balaban J connectivity index is 1.43. The van der Waals surface area contributed by atoms with E-state index in [0.29, 0.717) is 31.4 Å². The van der Waals surface area contributed by atoms with Crippen LogP contribution >= 0.6 is 0 Å². The third kappa shape index (κ3) is 4.47. The van der Waals surface area contributed by atoms with Gasteiger partial charge in [-0.05, 0) is 49.9 Å². The van der Waals surface area contributed by atoms with Gasteiger partial charge in [-0.1, -0.05) is 0 Å². The SMILES string of the molecule is O=c1ccc(-c2ccncc2)nn1C1CCC(Nc2nccc(C(F)(F)F)n2)CC1. The van der Waals surface area contributed by atoms with Crippen LogP contribution in [0.4, 0.5) is 19.1 Å². The maximum Gasteiger partial charge on any atom is 0.433 e. The van der Waals surface area contributed by atoms with Crippen LogP contribution in [0.2, 0.25) is 0 Å². The number of rotatable bonds is 4. The molecule has 7 nitrogen and oxygen atoms in total. The molecular formula is C20H19F3N6O. The maximum atomic E-state index is 12.8. The highest BCUT2D eigenvalue weighted by atomic mass is 19.4. The molecule has 3 aromatic heterocycles. The standard InChI is InChI=1S/C20H19F3N6O/c21-20(22,23)17-9-12-25-19(27-17)26-14-1-3-15(4-2-14)29-18(30)6-5-16(28-29)13-7-10-24-11-8-13/h5-12,14-15H,1-4H2,(H,25,26,27). The average Bonchev–Trinajstić information content (AvgIpc) is 2.75. The first-order chi connectivity index (χ1) is 14.4. The highest BCUT2D eigenvalue weighted by Gasteiger charge is 2.33. The van der Waals surface area contributed by atoms with Crippen molar-refractivity contribution in [3.05, 3.63) is 65.0 Å². The lowest BCUT2D eigenvalue weighted by Gasteiger charge is -2.29. The molecule has 1 aliphatic carbocycles. The molecule has 0 aliphatic heterocycles. The van der Waals surface area contributed by atoms with Gasteiger partial charge in [0.25, 0.3) is 5.56 Å². The summed E-state index contributed by atoms with van der Waals surface area (Å²) in [7, 11) is 0. The minimum Gasteiger partial charge on any atom is -0.351 e. The Hall–Kier alpha value is -3.30. The first-order valence-corrected chi connectivity index (χ1v) is 9.57. The highest BCUT2D eigenvalue weighted by Crippen LogP contribution is 2.30. The lowest BCUT2D eigenvalue weighted by atomic mass is 9.91. The zero-order chi connectivity index (χ0) is 21.1. The molecular weight excluding hydrogens is 397 g/mol. The number of halogens is 3. The van der Waals surface area contributed by atoms with Crippen molar-refractivity contribution in [2.24, 2.45) is 0 Å². The summed E-state index contributed by atoms with van der Waals surface area (Å²) in [6, 6.07) is 7.55. The molecule has 1 saturated carbocycles. The molecule has 30 heavy (non-hydrogen) atoms. The number of pyridine rings is 1. The van der Waals surface area contributed by atoms with E-state index in [0.717, 1.165) is 17.8 Å². The van der Waals surface area contributed by atoms with E-state index < -0.39 is 11.9 Å². The van der Waals surface area contributed by atoms with Crippen LogP contribution in [0.3, 0.4) is 0 Å². The van der Waals surface area contributed by atoms with Crippen LogP contribution in [0.5, 0.6) is 0 Å². The van der Waals surface area contributed by atoms with Crippen LogP contribution in [0.25, 0.3) is 11.3 Å². The quantitative estimate of drug-likeness (QED) is 0.698. The van der Waals surface area contributed by atoms with Crippen molar-refractivity contribution in [2.75, 3.05) is 5.32 Å². The second-order valence-electron chi connectivity index (χ2n) is 7.15. The molecule has 0 radical (unpaired) electrons. The molecule has 156 valence electrons. The Kier molecular flexibility index (Phi) is 5.47. The van der Waals surface area contributed by atoms with E-state index in [1.807, 2.05) is 12.1 Å². The van der Waals surface area contributed by atoms with Crippen molar-refractivity contribution in [3.8, 4) is 11.3 Å². The van der Waals surface area contributed by atoms with Crippen molar-refractivity contribution in [1.29, 1.82) is 0 Å². The molecule has 4 rings (SSSR count). The number of anilines is 1. The average molecular weight is 416 g/mol. The van der Waals surface area contributed by atoms with Gasteiger partial charge in [-0.15, -0.1) is 0 Å². The van der Waals surface area contributed by atoms with Gasteiger partial charge in [0, 0.05) is 36.3 Å². The molecule has 0 atom stereocenters. The van der Waals surface area contributed by atoms with Gasteiger partial charge in [0.15, 0.2) is 0 Å². The Morgan fingerprint density at radius 3 is 2.40 bits per heavy atom. The normalized spacial score (nSPS) is 19.4. The highest BCUT2D eigenvalue weighted by molar-refractivity contribution is 5.57. The minimum absolute atomic E-state index is 0.0387. The summed E-state index contributed by atoms with van der Waals surface area (Å²) in [6.45, 7) is 0. The van der Waals surface area contributed by atoms with Gasteiger partial charge in [0.2, 0.25) is 5.95 Å². The largest absolute Gasteiger partial charge is 0.433 e. The zero-order valence-corrected chi connectivity index (χ0v) is 15.9. The van der Waals surface area contributed by atoms with Crippen molar-refractivity contribution < 1.29 is 13.2 Å². The predicted molar refractivity (Wildman–Crippen MR) is 104 cm³/mol. The molecule has 3 aromatic rings. The maximum absolute atomic E-state index is 12.8. The molecule has 0 bridgehead atoms. The lowest BCUT2D eigenvalue weighted by molar-refractivity contribution is -0.141. The number of hydrogen-bond donors (Lipinski definition) is 1. The van der Waals surface area contributed by atoms with E-state index in [2.05, 4.69) is 25.4 Å². The van der Waals surface area contributed by atoms with Crippen LogP contribution in [0.15, 0.2) is 53.7 Å². The van der Waals surface area contributed by atoms with Gasteiger partial charge in [-0.2, -0.15) is 18.3 Å². The molecule has 0 saturated heterocycles. The molecule has 0 aromatic carbocycles.